The topological polar surface area (TPSA) is 65.4 Å². The molecule has 0 bridgehead atoms. The Morgan fingerprint density at radius 3 is 2.47 bits per heavy atom. The lowest BCUT2D eigenvalue weighted by Crippen LogP contribution is -2.45. The molecule has 4 nitrogen and oxygen atoms in total. The van der Waals surface area contributed by atoms with Crippen molar-refractivity contribution in [3.05, 3.63) is 24.1 Å². The van der Waals surface area contributed by atoms with E-state index in [-0.39, 0.29) is 13.2 Å². The van der Waals surface area contributed by atoms with Gasteiger partial charge in [0.05, 0.1) is 24.9 Å². The van der Waals surface area contributed by atoms with Gasteiger partial charge in [0.1, 0.15) is 11.6 Å². The van der Waals surface area contributed by atoms with Gasteiger partial charge in [-0.3, -0.25) is 0 Å². The maximum Gasteiger partial charge on any atom is 0.141 e. The summed E-state index contributed by atoms with van der Waals surface area (Å²) in [4.78, 5) is 3.80. The van der Waals surface area contributed by atoms with Crippen LogP contribution in [0, 0.1) is 5.82 Å². The lowest BCUT2D eigenvalue weighted by Gasteiger charge is -2.30. The second kappa shape index (κ2) is 5.04. The summed E-state index contributed by atoms with van der Waals surface area (Å²) in [5.74, 6) is 0.0111. The first-order chi connectivity index (χ1) is 7.15. The van der Waals surface area contributed by atoms with E-state index in [1.54, 1.807) is 0 Å². The molecule has 0 aromatic carbocycles. The quantitative estimate of drug-likeness (QED) is 0.677. The number of aliphatic hydroxyl groups excluding tert-OH is 2. The Bertz CT molecular complexity index is 291. The van der Waals surface area contributed by atoms with Gasteiger partial charge in [0.25, 0.3) is 0 Å². The standard InChI is InChI=1S/C10H15FN2O2/c1-2-10(6-14,7-15)13-9-4-3-8(11)5-12-9/h3-5,14-15H,2,6-7H2,1H3,(H,12,13). The Morgan fingerprint density at radius 2 is 2.07 bits per heavy atom. The van der Waals surface area contributed by atoms with E-state index in [0.717, 1.165) is 6.20 Å². The zero-order chi connectivity index (χ0) is 11.3. The van der Waals surface area contributed by atoms with Crippen LogP contribution in [0.25, 0.3) is 0 Å². The third-order valence-electron chi connectivity index (χ3n) is 2.40. The lowest BCUT2D eigenvalue weighted by atomic mass is 9.98. The van der Waals surface area contributed by atoms with Gasteiger partial charge in [-0.1, -0.05) is 6.92 Å². The molecule has 0 saturated heterocycles. The number of halogens is 1. The number of aliphatic hydroxyl groups is 2. The molecule has 0 amide bonds. The Labute approximate surface area is 87.8 Å². The van der Waals surface area contributed by atoms with Crippen LogP contribution in [0.3, 0.4) is 0 Å². The van der Waals surface area contributed by atoms with Crippen molar-refractivity contribution >= 4 is 5.82 Å². The fourth-order valence-electron chi connectivity index (χ4n) is 1.16. The van der Waals surface area contributed by atoms with Crippen LogP contribution >= 0.6 is 0 Å². The lowest BCUT2D eigenvalue weighted by molar-refractivity contribution is 0.132. The number of anilines is 1. The number of hydrogen-bond acceptors (Lipinski definition) is 4. The minimum atomic E-state index is -0.801. The summed E-state index contributed by atoms with van der Waals surface area (Å²) in [6.07, 6.45) is 1.62. The van der Waals surface area contributed by atoms with Crippen molar-refractivity contribution in [3.8, 4) is 0 Å². The Morgan fingerprint density at radius 1 is 1.40 bits per heavy atom. The fourth-order valence-corrected chi connectivity index (χ4v) is 1.16. The van der Waals surface area contributed by atoms with Crippen LogP contribution in [0.1, 0.15) is 13.3 Å². The highest BCUT2D eigenvalue weighted by atomic mass is 19.1. The molecule has 84 valence electrons. The monoisotopic (exact) mass is 214 g/mol. The smallest absolute Gasteiger partial charge is 0.141 e. The van der Waals surface area contributed by atoms with Crippen molar-refractivity contribution in [1.82, 2.24) is 4.98 Å². The summed E-state index contributed by atoms with van der Waals surface area (Å²) >= 11 is 0. The average Bonchev–Trinajstić information content (AvgIpc) is 2.29. The molecule has 1 aromatic heterocycles. The average molecular weight is 214 g/mol. The molecule has 15 heavy (non-hydrogen) atoms. The van der Waals surface area contributed by atoms with Crippen LogP contribution in [0.4, 0.5) is 10.2 Å². The first-order valence-electron chi connectivity index (χ1n) is 4.77. The molecule has 1 rings (SSSR count). The molecule has 0 unspecified atom stereocenters. The predicted molar refractivity (Wildman–Crippen MR) is 55.0 cm³/mol. The van der Waals surface area contributed by atoms with E-state index < -0.39 is 11.4 Å². The van der Waals surface area contributed by atoms with Crippen LogP contribution < -0.4 is 5.32 Å². The molecule has 1 heterocycles. The van der Waals surface area contributed by atoms with E-state index in [9.17, 15) is 4.39 Å². The summed E-state index contributed by atoms with van der Waals surface area (Å²) in [5.41, 5.74) is -0.801. The van der Waals surface area contributed by atoms with Gasteiger partial charge < -0.3 is 15.5 Å². The third kappa shape index (κ3) is 2.87. The molecule has 3 N–H and O–H groups in total. The SMILES string of the molecule is CCC(CO)(CO)Nc1ccc(F)cn1. The minimum absolute atomic E-state index is 0.209. The number of hydrogen-bond donors (Lipinski definition) is 3. The van der Waals surface area contributed by atoms with E-state index in [1.165, 1.54) is 12.1 Å². The van der Waals surface area contributed by atoms with Gasteiger partial charge in [0.2, 0.25) is 0 Å². The Kier molecular flexibility index (Phi) is 3.99. The summed E-state index contributed by atoms with van der Waals surface area (Å²) in [6, 6.07) is 2.73. The summed E-state index contributed by atoms with van der Waals surface area (Å²) in [6.45, 7) is 1.42. The second-order valence-corrected chi connectivity index (χ2v) is 3.44. The molecule has 0 radical (unpaired) electrons. The number of aromatic nitrogens is 1. The molecule has 0 fully saturated rings. The van der Waals surface area contributed by atoms with E-state index in [1.807, 2.05) is 6.92 Å². The van der Waals surface area contributed by atoms with E-state index in [0.29, 0.717) is 12.2 Å². The largest absolute Gasteiger partial charge is 0.394 e. The number of pyridine rings is 1. The highest BCUT2D eigenvalue weighted by Gasteiger charge is 2.26. The zero-order valence-corrected chi connectivity index (χ0v) is 8.57. The number of nitrogens with zero attached hydrogens (tertiary/aromatic N) is 1. The molecule has 0 aliphatic carbocycles. The molecule has 0 atom stereocenters. The molecule has 1 aromatic rings. The molecular formula is C10H15FN2O2. The fraction of sp³-hybridized carbons (Fsp3) is 0.500. The van der Waals surface area contributed by atoms with Gasteiger partial charge in [0, 0.05) is 0 Å². The van der Waals surface area contributed by atoms with Crippen molar-refractivity contribution < 1.29 is 14.6 Å². The van der Waals surface area contributed by atoms with Crippen LogP contribution in [0.5, 0.6) is 0 Å². The van der Waals surface area contributed by atoms with Crippen molar-refractivity contribution in [2.75, 3.05) is 18.5 Å². The minimum Gasteiger partial charge on any atom is -0.394 e. The van der Waals surface area contributed by atoms with Gasteiger partial charge in [-0.15, -0.1) is 0 Å². The molecule has 0 aliphatic rings. The number of nitrogens with one attached hydrogen (secondary N) is 1. The molecule has 0 aliphatic heterocycles. The van der Waals surface area contributed by atoms with E-state index in [2.05, 4.69) is 10.3 Å². The van der Waals surface area contributed by atoms with Crippen molar-refractivity contribution in [3.63, 3.8) is 0 Å². The van der Waals surface area contributed by atoms with Crippen LogP contribution in [-0.4, -0.2) is 33.9 Å². The normalized spacial score (nSPS) is 11.5. The highest BCUT2D eigenvalue weighted by Crippen LogP contribution is 2.16. The maximum atomic E-state index is 12.6. The van der Waals surface area contributed by atoms with Gasteiger partial charge >= 0.3 is 0 Å². The highest BCUT2D eigenvalue weighted by molar-refractivity contribution is 5.37. The first kappa shape index (κ1) is 11.9. The zero-order valence-electron chi connectivity index (χ0n) is 8.57. The van der Waals surface area contributed by atoms with Crippen molar-refractivity contribution in [1.29, 1.82) is 0 Å². The predicted octanol–water partition coefficient (Wildman–Crippen LogP) is 0.766. The van der Waals surface area contributed by atoms with Gasteiger partial charge in [0.15, 0.2) is 0 Å². The first-order valence-corrected chi connectivity index (χ1v) is 4.77. The molecular weight excluding hydrogens is 199 g/mol. The third-order valence-corrected chi connectivity index (χ3v) is 2.40. The van der Waals surface area contributed by atoms with Gasteiger partial charge in [-0.25, -0.2) is 9.37 Å². The molecule has 0 saturated carbocycles. The maximum absolute atomic E-state index is 12.6. The number of rotatable bonds is 5. The van der Waals surface area contributed by atoms with Crippen LogP contribution in [0.15, 0.2) is 18.3 Å². The molecule has 5 heteroatoms. The van der Waals surface area contributed by atoms with Gasteiger partial charge in [-0.2, -0.15) is 0 Å². The van der Waals surface area contributed by atoms with Crippen LogP contribution in [0.2, 0.25) is 0 Å². The van der Waals surface area contributed by atoms with E-state index in [4.69, 9.17) is 10.2 Å². The van der Waals surface area contributed by atoms with E-state index >= 15 is 0 Å². The summed E-state index contributed by atoms with van der Waals surface area (Å²) in [5, 5.41) is 21.2. The Hall–Kier alpha value is -1.20. The van der Waals surface area contributed by atoms with Crippen molar-refractivity contribution in [2.45, 2.75) is 18.9 Å². The van der Waals surface area contributed by atoms with Gasteiger partial charge in [-0.05, 0) is 18.6 Å². The summed E-state index contributed by atoms with van der Waals surface area (Å²) in [7, 11) is 0. The summed E-state index contributed by atoms with van der Waals surface area (Å²) < 4.78 is 12.6. The Balaban J connectivity index is 2.78. The van der Waals surface area contributed by atoms with Crippen LogP contribution in [-0.2, 0) is 0 Å². The van der Waals surface area contributed by atoms with Crippen molar-refractivity contribution in [2.24, 2.45) is 0 Å². The molecule has 0 spiro atoms. The second-order valence-electron chi connectivity index (χ2n) is 3.44.